The topological polar surface area (TPSA) is 78.1 Å². The molecule has 1 atom stereocenters. The van der Waals surface area contributed by atoms with Crippen molar-refractivity contribution in [3.05, 3.63) is 36.4 Å². The van der Waals surface area contributed by atoms with E-state index in [1.54, 1.807) is 11.1 Å². The van der Waals surface area contributed by atoms with E-state index >= 15 is 0 Å². The van der Waals surface area contributed by atoms with Crippen molar-refractivity contribution in [1.82, 2.24) is 19.7 Å². The largest absolute Gasteiger partial charge is 0.368 e. The minimum Gasteiger partial charge on any atom is -0.368 e. The van der Waals surface area contributed by atoms with Crippen molar-refractivity contribution in [2.24, 2.45) is 5.92 Å². The third kappa shape index (κ3) is 3.39. The number of rotatable bonds is 3. The smallest absolute Gasteiger partial charge is 0.226 e. The van der Waals surface area contributed by atoms with Crippen LogP contribution >= 0.6 is 0 Å². The van der Waals surface area contributed by atoms with E-state index in [4.69, 9.17) is 0 Å². The number of aromatic nitrogens is 3. The van der Waals surface area contributed by atoms with E-state index in [0.29, 0.717) is 0 Å². The highest BCUT2D eigenvalue weighted by Crippen LogP contribution is 2.30. The number of hydrogen-bond donors (Lipinski definition) is 0. The highest BCUT2D eigenvalue weighted by atomic mass is 16.2. The van der Waals surface area contributed by atoms with E-state index in [-0.39, 0.29) is 17.9 Å². The third-order valence-electron chi connectivity index (χ3n) is 5.61. The maximum Gasteiger partial charge on any atom is 0.226 e. The van der Waals surface area contributed by atoms with Crippen molar-refractivity contribution in [2.75, 3.05) is 24.5 Å². The van der Waals surface area contributed by atoms with Gasteiger partial charge in [0.05, 0.1) is 29.8 Å². The second-order valence-corrected chi connectivity index (χ2v) is 7.41. The molecule has 2 aromatic rings. The van der Waals surface area contributed by atoms with Crippen LogP contribution in [0.1, 0.15) is 31.2 Å². The molecule has 2 fully saturated rings. The normalized spacial score (nSPS) is 20.7. The molecule has 0 saturated carbocycles. The van der Waals surface area contributed by atoms with Crippen LogP contribution in [0, 0.1) is 24.2 Å². The summed E-state index contributed by atoms with van der Waals surface area (Å²) in [4.78, 5) is 21.2. The van der Waals surface area contributed by atoms with Crippen molar-refractivity contribution < 1.29 is 4.79 Å². The predicted molar refractivity (Wildman–Crippen MR) is 101 cm³/mol. The molecule has 0 spiro atoms. The molecule has 1 amide bonds. The minimum absolute atomic E-state index is 0.0160. The Bertz CT molecular complexity index is 861. The van der Waals surface area contributed by atoms with Gasteiger partial charge in [-0.1, -0.05) is 0 Å². The summed E-state index contributed by atoms with van der Waals surface area (Å²) in [5.74, 6) is 0.176. The SMILES string of the molecule is Cc1cnn(-c2ccncc2N2CCC(C(=O)N3CCCC3C#N)CC2)c1. The Morgan fingerprint density at radius 1 is 1.19 bits per heavy atom. The molecular formula is C20H24N6O. The molecule has 0 bridgehead atoms. The first-order valence-electron chi connectivity index (χ1n) is 9.58. The monoisotopic (exact) mass is 364 g/mol. The molecule has 0 aromatic carbocycles. The van der Waals surface area contributed by atoms with Crippen molar-refractivity contribution in [1.29, 1.82) is 5.26 Å². The van der Waals surface area contributed by atoms with Crippen LogP contribution in [0.4, 0.5) is 5.69 Å². The van der Waals surface area contributed by atoms with Gasteiger partial charge in [0, 0.05) is 37.9 Å². The Kier molecular flexibility index (Phi) is 4.80. The molecule has 2 saturated heterocycles. The summed E-state index contributed by atoms with van der Waals surface area (Å²) in [7, 11) is 0. The second kappa shape index (κ2) is 7.39. The van der Waals surface area contributed by atoms with Crippen molar-refractivity contribution in [3.8, 4) is 11.8 Å². The summed E-state index contributed by atoms with van der Waals surface area (Å²) in [6.45, 7) is 4.36. The number of pyridine rings is 1. The van der Waals surface area contributed by atoms with Crippen molar-refractivity contribution in [3.63, 3.8) is 0 Å². The molecule has 2 aliphatic rings. The molecule has 27 heavy (non-hydrogen) atoms. The fraction of sp³-hybridized carbons (Fsp3) is 0.500. The molecule has 4 rings (SSSR count). The van der Waals surface area contributed by atoms with Crippen LogP contribution in [0.15, 0.2) is 30.9 Å². The predicted octanol–water partition coefficient (Wildman–Crippen LogP) is 2.31. The summed E-state index contributed by atoms with van der Waals surface area (Å²) in [5, 5.41) is 13.7. The molecule has 4 heterocycles. The number of piperidine rings is 1. The molecule has 0 radical (unpaired) electrons. The zero-order chi connectivity index (χ0) is 18.8. The van der Waals surface area contributed by atoms with Crippen LogP contribution in [0.25, 0.3) is 5.69 Å². The number of amides is 1. The highest BCUT2D eigenvalue weighted by molar-refractivity contribution is 5.80. The Morgan fingerprint density at radius 2 is 2.00 bits per heavy atom. The number of hydrogen-bond acceptors (Lipinski definition) is 5. The van der Waals surface area contributed by atoms with Gasteiger partial charge in [0.1, 0.15) is 6.04 Å². The summed E-state index contributed by atoms with van der Waals surface area (Å²) in [6, 6.07) is 4.01. The zero-order valence-electron chi connectivity index (χ0n) is 15.6. The first-order chi connectivity index (χ1) is 13.2. The van der Waals surface area contributed by atoms with Gasteiger partial charge in [0.25, 0.3) is 0 Å². The second-order valence-electron chi connectivity index (χ2n) is 7.41. The number of nitriles is 1. The van der Waals surface area contributed by atoms with Gasteiger partial charge in [-0.25, -0.2) is 4.68 Å². The average Bonchev–Trinajstić information content (AvgIpc) is 3.36. The average molecular weight is 364 g/mol. The van der Waals surface area contributed by atoms with E-state index in [2.05, 4.69) is 21.1 Å². The number of carbonyl (C=O) groups excluding carboxylic acids is 1. The summed E-state index contributed by atoms with van der Waals surface area (Å²) in [5.41, 5.74) is 3.16. The fourth-order valence-electron chi connectivity index (χ4n) is 4.13. The molecule has 0 aliphatic carbocycles. The van der Waals surface area contributed by atoms with Crippen LogP contribution in [-0.4, -0.2) is 51.2 Å². The van der Waals surface area contributed by atoms with Gasteiger partial charge in [-0.2, -0.15) is 10.4 Å². The molecule has 0 N–H and O–H groups in total. The molecule has 2 aliphatic heterocycles. The summed E-state index contributed by atoms with van der Waals surface area (Å²) < 4.78 is 1.88. The molecule has 7 nitrogen and oxygen atoms in total. The maximum absolute atomic E-state index is 12.8. The van der Waals surface area contributed by atoms with Crippen LogP contribution < -0.4 is 4.90 Å². The highest BCUT2D eigenvalue weighted by Gasteiger charge is 2.35. The quantitative estimate of drug-likeness (QED) is 0.835. The first-order valence-corrected chi connectivity index (χ1v) is 9.58. The Morgan fingerprint density at radius 3 is 2.70 bits per heavy atom. The van der Waals surface area contributed by atoms with Gasteiger partial charge < -0.3 is 9.80 Å². The lowest BCUT2D eigenvalue weighted by Gasteiger charge is -2.35. The lowest BCUT2D eigenvalue weighted by Crippen LogP contribution is -2.44. The number of nitrogens with zero attached hydrogens (tertiary/aromatic N) is 6. The lowest BCUT2D eigenvalue weighted by atomic mass is 9.94. The number of carbonyl (C=O) groups is 1. The molecule has 7 heteroatoms. The standard InChI is InChI=1S/C20H24N6O/c1-15-12-23-26(14-15)18-4-7-22-13-19(18)24-9-5-16(6-10-24)20(27)25-8-2-3-17(25)11-21/h4,7,12-14,16-17H,2-3,5-6,8-10H2,1H3. The first kappa shape index (κ1) is 17.5. The molecule has 140 valence electrons. The van der Waals surface area contributed by atoms with Crippen molar-refractivity contribution in [2.45, 2.75) is 38.6 Å². The van der Waals surface area contributed by atoms with Crippen LogP contribution in [-0.2, 0) is 4.79 Å². The number of aryl methyl sites for hydroxylation is 1. The molecule has 1 unspecified atom stereocenters. The van der Waals surface area contributed by atoms with Gasteiger partial charge >= 0.3 is 0 Å². The third-order valence-corrected chi connectivity index (χ3v) is 5.61. The Labute approximate surface area is 159 Å². The Balaban J connectivity index is 1.46. The lowest BCUT2D eigenvalue weighted by molar-refractivity contribution is -0.136. The van der Waals surface area contributed by atoms with Crippen LogP contribution in [0.2, 0.25) is 0 Å². The van der Waals surface area contributed by atoms with E-state index < -0.39 is 0 Å². The number of likely N-dealkylation sites (tertiary alicyclic amines) is 1. The van der Waals surface area contributed by atoms with Crippen LogP contribution in [0.3, 0.4) is 0 Å². The molecular weight excluding hydrogens is 340 g/mol. The maximum atomic E-state index is 12.8. The molecule has 2 aromatic heterocycles. The van der Waals surface area contributed by atoms with Gasteiger partial charge in [-0.3, -0.25) is 9.78 Å². The zero-order valence-corrected chi connectivity index (χ0v) is 15.6. The fourth-order valence-corrected chi connectivity index (χ4v) is 4.13. The van der Waals surface area contributed by atoms with E-state index in [0.717, 1.165) is 62.3 Å². The van der Waals surface area contributed by atoms with E-state index in [1.165, 1.54) is 0 Å². The van der Waals surface area contributed by atoms with Gasteiger partial charge in [-0.15, -0.1) is 0 Å². The Hall–Kier alpha value is -2.88. The van der Waals surface area contributed by atoms with Crippen molar-refractivity contribution >= 4 is 11.6 Å². The van der Waals surface area contributed by atoms with Gasteiger partial charge in [0.2, 0.25) is 5.91 Å². The minimum atomic E-state index is -0.233. The summed E-state index contributed by atoms with van der Waals surface area (Å²) in [6.07, 6.45) is 10.9. The van der Waals surface area contributed by atoms with Crippen LogP contribution in [0.5, 0.6) is 0 Å². The van der Waals surface area contributed by atoms with Gasteiger partial charge in [0.15, 0.2) is 0 Å². The number of anilines is 1. The van der Waals surface area contributed by atoms with E-state index in [1.807, 2.05) is 36.3 Å². The van der Waals surface area contributed by atoms with E-state index in [9.17, 15) is 10.1 Å². The summed E-state index contributed by atoms with van der Waals surface area (Å²) >= 11 is 0. The van der Waals surface area contributed by atoms with Gasteiger partial charge in [-0.05, 0) is 44.2 Å².